The van der Waals surface area contributed by atoms with Crippen molar-refractivity contribution in [3.8, 4) is 0 Å². The van der Waals surface area contributed by atoms with Crippen LogP contribution >= 0.6 is 0 Å². The van der Waals surface area contributed by atoms with Crippen LogP contribution in [-0.2, 0) is 4.74 Å². The average molecular weight is 256 g/mol. The monoisotopic (exact) mass is 256 g/mol. The van der Waals surface area contributed by atoms with Gasteiger partial charge < -0.3 is 15.0 Å². The highest BCUT2D eigenvalue weighted by Crippen LogP contribution is 2.39. The normalized spacial score (nSPS) is 30.7. The topological polar surface area (TPSA) is 24.5 Å². The second-order valence-electron chi connectivity index (χ2n) is 6.18. The van der Waals surface area contributed by atoms with Crippen molar-refractivity contribution < 1.29 is 4.74 Å². The number of hydrogen-bond acceptors (Lipinski definition) is 3. The zero-order valence-corrected chi connectivity index (χ0v) is 13.0. The first-order valence-corrected chi connectivity index (χ1v) is 7.40. The molecule has 0 aliphatic heterocycles. The molecule has 0 aromatic rings. The molecule has 18 heavy (non-hydrogen) atoms. The highest BCUT2D eigenvalue weighted by atomic mass is 16.5. The number of likely N-dealkylation sites (N-methyl/N-ethyl adjacent to an activating group) is 2. The molecular formula is C15H32N2O. The minimum absolute atomic E-state index is 0.333. The summed E-state index contributed by atoms with van der Waals surface area (Å²) in [7, 11) is 8.40. The fourth-order valence-electron chi connectivity index (χ4n) is 3.71. The van der Waals surface area contributed by atoms with Crippen molar-refractivity contribution in [2.24, 2.45) is 5.92 Å². The summed E-state index contributed by atoms with van der Waals surface area (Å²) in [5.41, 5.74) is 0.333. The van der Waals surface area contributed by atoms with Gasteiger partial charge in [-0.15, -0.1) is 0 Å². The molecule has 0 heterocycles. The van der Waals surface area contributed by atoms with E-state index < -0.39 is 0 Å². The summed E-state index contributed by atoms with van der Waals surface area (Å²) in [6, 6.07) is 0.574. The van der Waals surface area contributed by atoms with E-state index in [0.717, 1.165) is 18.9 Å². The van der Waals surface area contributed by atoms with Gasteiger partial charge in [0, 0.05) is 25.3 Å². The summed E-state index contributed by atoms with van der Waals surface area (Å²) in [6.45, 7) is 3.27. The largest absolute Gasteiger partial charge is 0.385 e. The summed E-state index contributed by atoms with van der Waals surface area (Å²) in [5.74, 6) is 0.847. The standard InChI is InChI=1S/C15H32N2O/c1-13-8-6-10-15(12-13,17(3)4)14(16-2)9-7-11-18-5/h13-14,16H,6-12H2,1-5H3. The molecule has 0 spiro atoms. The molecule has 1 fully saturated rings. The van der Waals surface area contributed by atoms with Crippen molar-refractivity contribution in [1.82, 2.24) is 10.2 Å². The first-order valence-electron chi connectivity index (χ1n) is 7.40. The van der Waals surface area contributed by atoms with Crippen molar-refractivity contribution in [3.63, 3.8) is 0 Å². The van der Waals surface area contributed by atoms with Gasteiger partial charge in [0.2, 0.25) is 0 Å². The molecule has 1 N–H and O–H groups in total. The van der Waals surface area contributed by atoms with Crippen LogP contribution < -0.4 is 5.32 Å². The lowest BCUT2D eigenvalue weighted by Crippen LogP contribution is -2.60. The Kier molecular flexibility index (Phi) is 6.61. The zero-order chi connectivity index (χ0) is 13.6. The lowest BCUT2D eigenvalue weighted by Gasteiger charge is -2.50. The van der Waals surface area contributed by atoms with E-state index in [4.69, 9.17) is 4.74 Å². The van der Waals surface area contributed by atoms with Gasteiger partial charge in [0.25, 0.3) is 0 Å². The van der Waals surface area contributed by atoms with Crippen LogP contribution in [-0.4, -0.2) is 51.3 Å². The maximum absolute atomic E-state index is 5.20. The number of methoxy groups -OCH3 is 1. The third-order valence-electron chi connectivity index (χ3n) is 4.74. The minimum Gasteiger partial charge on any atom is -0.385 e. The lowest BCUT2D eigenvalue weighted by atomic mass is 9.70. The van der Waals surface area contributed by atoms with Crippen LogP contribution in [0.25, 0.3) is 0 Å². The number of hydrogen-bond donors (Lipinski definition) is 1. The zero-order valence-electron chi connectivity index (χ0n) is 13.0. The molecule has 1 aliphatic carbocycles. The SMILES string of the molecule is CNC(CCCOC)C1(N(C)C)CCCC(C)C1. The Labute approximate surface area is 113 Å². The first-order chi connectivity index (χ1) is 8.56. The molecule has 0 bridgehead atoms. The highest BCUT2D eigenvalue weighted by Gasteiger charge is 2.42. The van der Waals surface area contributed by atoms with Crippen LogP contribution in [0.5, 0.6) is 0 Å². The molecule has 0 radical (unpaired) electrons. The molecule has 1 aliphatic rings. The number of nitrogens with one attached hydrogen (secondary N) is 1. The highest BCUT2D eigenvalue weighted by molar-refractivity contribution is 5.01. The summed E-state index contributed by atoms with van der Waals surface area (Å²) in [4.78, 5) is 2.47. The fourth-order valence-corrected chi connectivity index (χ4v) is 3.71. The Bertz CT molecular complexity index is 233. The van der Waals surface area contributed by atoms with Gasteiger partial charge in [0.1, 0.15) is 0 Å². The van der Waals surface area contributed by atoms with Crippen molar-refractivity contribution in [2.75, 3.05) is 34.9 Å². The predicted octanol–water partition coefficient (Wildman–Crippen LogP) is 2.51. The van der Waals surface area contributed by atoms with E-state index in [1.165, 1.54) is 32.1 Å². The third-order valence-corrected chi connectivity index (χ3v) is 4.74. The quantitative estimate of drug-likeness (QED) is 0.708. The molecule has 1 saturated carbocycles. The van der Waals surface area contributed by atoms with Crippen molar-refractivity contribution in [1.29, 1.82) is 0 Å². The van der Waals surface area contributed by atoms with E-state index in [2.05, 4.69) is 38.3 Å². The number of nitrogens with zero attached hydrogens (tertiary/aromatic N) is 1. The maximum Gasteiger partial charge on any atom is 0.0462 e. The van der Waals surface area contributed by atoms with E-state index in [1.807, 2.05) is 0 Å². The van der Waals surface area contributed by atoms with E-state index in [-0.39, 0.29) is 0 Å². The van der Waals surface area contributed by atoms with Crippen LogP contribution in [0.2, 0.25) is 0 Å². The molecule has 0 aromatic heterocycles. The van der Waals surface area contributed by atoms with Gasteiger partial charge >= 0.3 is 0 Å². The molecule has 0 amide bonds. The van der Waals surface area contributed by atoms with E-state index in [9.17, 15) is 0 Å². The lowest BCUT2D eigenvalue weighted by molar-refractivity contribution is 0.0337. The number of ether oxygens (including phenoxy) is 1. The van der Waals surface area contributed by atoms with Crippen LogP contribution in [0.15, 0.2) is 0 Å². The van der Waals surface area contributed by atoms with Gasteiger partial charge in [0.15, 0.2) is 0 Å². The van der Waals surface area contributed by atoms with Crippen molar-refractivity contribution in [2.45, 2.75) is 57.0 Å². The Morgan fingerprint density at radius 2 is 2.17 bits per heavy atom. The van der Waals surface area contributed by atoms with Gasteiger partial charge in [-0.2, -0.15) is 0 Å². The number of rotatable bonds is 7. The molecular weight excluding hydrogens is 224 g/mol. The van der Waals surface area contributed by atoms with E-state index in [0.29, 0.717) is 11.6 Å². The van der Waals surface area contributed by atoms with Crippen LogP contribution in [0.1, 0.15) is 45.4 Å². The molecule has 0 aromatic carbocycles. The summed E-state index contributed by atoms with van der Waals surface area (Å²) < 4.78 is 5.20. The van der Waals surface area contributed by atoms with Crippen LogP contribution in [0.3, 0.4) is 0 Å². The van der Waals surface area contributed by atoms with Gasteiger partial charge in [-0.1, -0.05) is 19.8 Å². The van der Waals surface area contributed by atoms with Gasteiger partial charge in [0.05, 0.1) is 0 Å². The molecule has 3 heteroatoms. The third kappa shape index (κ3) is 3.69. The summed E-state index contributed by atoms with van der Waals surface area (Å²) >= 11 is 0. The van der Waals surface area contributed by atoms with Gasteiger partial charge in [-0.05, 0) is 52.7 Å². The predicted molar refractivity (Wildman–Crippen MR) is 78.0 cm³/mol. The second kappa shape index (κ2) is 7.46. The van der Waals surface area contributed by atoms with Gasteiger partial charge in [-0.3, -0.25) is 0 Å². The first kappa shape index (κ1) is 15.9. The average Bonchev–Trinajstić information content (AvgIpc) is 2.34. The smallest absolute Gasteiger partial charge is 0.0462 e. The summed E-state index contributed by atoms with van der Waals surface area (Å²) in [5, 5.41) is 3.58. The van der Waals surface area contributed by atoms with Crippen molar-refractivity contribution >= 4 is 0 Å². The molecule has 3 nitrogen and oxygen atoms in total. The molecule has 3 unspecified atom stereocenters. The minimum atomic E-state index is 0.333. The Morgan fingerprint density at radius 1 is 1.44 bits per heavy atom. The Morgan fingerprint density at radius 3 is 2.67 bits per heavy atom. The summed E-state index contributed by atoms with van der Waals surface area (Å²) in [6.07, 6.45) is 7.74. The Hall–Kier alpha value is -0.120. The molecule has 0 saturated heterocycles. The molecule has 1 rings (SSSR count). The van der Waals surface area contributed by atoms with Gasteiger partial charge in [-0.25, -0.2) is 0 Å². The fraction of sp³-hybridized carbons (Fsp3) is 1.00. The molecule has 3 atom stereocenters. The van der Waals surface area contributed by atoms with E-state index >= 15 is 0 Å². The maximum atomic E-state index is 5.20. The Balaban J connectivity index is 2.73. The second-order valence-corrected chi connectivity index (χ2v) is 6.18. The van der Waals surface area contributed by atoms with E-state index in [1.54, 1.807) is 7.11 Å². The van der Waals surface area contributed by atoms with Crippen LogP contribution in [0, 0.1) is 5.92 Å². The molecule has 108 valence electrons. The van der Waals surface area contributed by atoms with Crippen LogP contribution in [0.4, 0.5) is 0 Å². The van der Waals surface area contributed by atoms with Crippen molar-refractivity contribution in [3.05, 3.63) is 0 Å².